The van der Waals surface area contributed by atoms with E-state index in [9.17, 15) is 16.4 Å². The molecular weight excluding hydrogens is 687 g/mol. The van der Waals surface area contributed by atoms with Crippen LogP contribution in [0.5, 0.6) is 0 Å². The summed E-state index contributed by atoms with van der Waals surface area (Å²) in [6.45, 7) is 0. The maximum absolute atomic E-state index is 9.74. The average molecular weight is 738 g/mol. The quantitative estimate of drug-likeness (QED) is 0.150. The van der Waals surface area contributed by atoms with Gasteiger partial charge >= 0.3 is 0 Å². The highest BCUT2D eigenvalue weighted by molar-refractivity contribution is 6.04. The van der Waals surface area contributed by atoms with Crippen LogP contribution in [0, 0.1) is 0 Å². The van der Waals surface area contributed by atoms with Gasteiger partial charge in [0.25, 0.3) is 0 Å². The molecule has 10 aromatic carbocycles. The Morgan fingerprint density at radius 3 is 1.32 bits per heavy atom. The molecule has 0 fully saturated rings. The van der Waals surface area contributed by atoms with Crippen LogP contribution in [0.15, 0.2) is 236 Å². The number of nitrogens with zero attached hydrogens (tertiary/aromatic N) is 1. The minimum Gasteiger partial charge on any atom is -0.311 e. The number of rotatable bonds is 8. The van der Waals surface area contributed by atoms with Crippen LogP contribution in [0.3, 0.4) is 0 Å². The van der Waals surface area contributed by atoms with Crippen LogP contribution in [0.4, 0.5) is 17.1 Å². The first-order valence-electron chi connectivity index (χ1n) is 24.6. The molecule has 10 aromatic rings. The van der Waals surface area contributed by atoms with Crippen molar-refractivity contribution < 1.29 is 16.4 Å². The van der Waals surface area contributed by atoms with Crippen molar-refractivity contribution in [1.29, 1.82) is 0 Å². The zero-order valence-electron chi connectivity index (χ0n) is 42.5. The van der Waals surface area contributed by atoms with Crippen molar-refractivity contribution in [2.75, 3.05) is 4.90 Å². The predicted octanol–water partition coefficient (Wildman–Crippen LogP) is 15.8. The summed E-state index contributed by atoms with van der Waals surface area (Å²) in [7, 11) is 0. The number of fused-ring (bicyclic) bond motifs is 2. The van der Waals surface area contributed by atoms with Crippen LogP contribution in [-0.2, 0) is 0 Å². The standard InChI is InChI=1S/C56H39N/c1-3-11-40(12-4-1)42-19-21-43(22-20-42)44-25-32-51(33-26-44)57(52-34-27-45(28-35-52)50-24-23-41-13-7-8-17-49(41)39-50)53-36-29-47(30-37-53)55-38-31-46-14-9-10-18-54(46)56(55)48-15-5-2-6-16-48/h1-39H/i25D,26D,27D,28D,29D,30D,32D,33D,34D,35D,36D,37D. The fourth-order valence-corrected chi connectivity index (χ4v) is 7.21. The molecule has 1 heteroatoms. The Kier molecular flexibility index (Phi) is 6.16. The molecule has 0 atom stereocenters. The van der Waals surface area contributed by atoms with E-state index in [1.165, 1.54) is 0 Å². The molecule has 0 saturated heterocycles. The molecule has 1 nitrogen and oxygen atoms in total. The lowest BCUT2D eigenvalue weighted by atomic mass is 9.90. The lowest BCUT2D eigenvalue weighted by Gasteiger charge is -2.26. The van der Waals surface area contributed by atoms with Crippen molar-refractivity contribution in [3.8, 4) is 55.6 Å². The summed E-state index contributed by atoms with van der Waals surface area (Å²) in [6.07, 6.45) is 0. The molecule has 0 N–H and O–H groups in total. The van der Waals surface area contributed by atoms with Crippen molar-refractivity contribution in [2.45, 2.75) is 0 Å². The topological polar surface area (TPSA) is 3.24 Å². The summed E-state index contributed by atoms with van der Waals surface area (Å²) in [4.78, 5) is 0.858. The molecule has 0 aliphatic rings. The van der Waals surface area contributed by atoms with Crippen LogP contribution >= 0.6 is 0 Å². The molecule has 0 saturated carbocycles. The van der Waals surface area contributed by atoms with Gasteiger partial charge in [0.05, 0.1) is 16.4 Å². The number of benzene rings is 10. The normalized spacial score (nSPS) is 14.1. The Bertz CT molecular complexity index is 3600. The van der Waals surface area contributed by atoms with E-state index in [0.717, 1.165) is 43.1 Å². The Hall–Kier alpha value is -7.48. The Labute approximate surface area is 351 Å². The van der Waals surface area contributed by atoms with Gasteiger partial charge in [-0.15, -0.1) is 0 Å². The largest absolute Gasteiger partial charge is 0.311 e. The zero-order chi connectivity index (χ0) is 48.4. The fraction of sp³-hybridized carbons (Fsp3) is 0. The summed E-state index contributed by atoms with van der Waals surface area (Å²) >= 11 is 0. The van der Waals surface area contributed by atoms with Gasteiger partial charge in [-0.3, -0.25) is 0 Å². The summed E-state index contributed by atoms with van der Waals surface area (Å²) in [5, 5.41) is 3.37. The highest BCUT2D eigenvalue weighted by atomic mass is 15.1. The first-order valence-corrected chi connectivity index (χ1v) is 18.6. The first kappa shape index (κ1) is 23.4. The zero-order valence-corrected chi connectivity index (χ0v) is 30.5. The van der Waals surface area contributed by atoms with Crippen LogP contribution in [-0.4, -0.2) is 0 Å². The highest BCUT2D eigenvalue weighted by Crippen LogP contribution is 2.41. The second-order valence-corrected chi connectivity index (χ2v) is 13.6. The maximum Gasteiger partial charge on any atom is 0.0645 e. The van der Waals surface area contributed by atoms with E-state index in [4.69, 9.17) is 0 Å². The summed E-state index contributed by atoms with van der Waals surface area (Å²) in [6, 6.07) is 42.8. The molecule has 10 rings (SSSR count). The van der Waals surface area contributed by atoms with Gasteiger partial charge < -0.3 is 4.90 Å². The molecule has 0 heterocycles. The summed E-state index contributed by atoms with van der Waals surface area (Å²) < 4.78 is 115. The Balaban J connectivity index is 1.24. The number of hydrogen-bond donors (Lipinski definition) is 0. The molecule has 0 aromatic heterocycles. The monoisotopic (exact) mass is 737 g/mol. The van der Waals surface area contributed by atoms with Crippen molar-refractivity contribution >= 4 is 38.6 Å². The van der Waals surface area contributed by atoms with Gasteiger partial charge in [0.15, 0.2) is 0 Å². The average Bonchev–Trinajstić information content (AvgIpc) is 3.37. The fourth-order valence-electron chi connectivity index (χ4n) is 7.21. The van der Waals surface area contributed by atoms with Gasteiger partial charge in [-0.05, 0) is 120 Å². The van der Waals surface area contributed by atoms with Gasteiger partial charge in [0.2, 0.25) is 0 Å². The molecule has 0 spiro atoms. The van der Waals surface area contributed by atoms with Gasteiger partial charge in [0, 0.05) is 17.1 Å². The Morgan fingerprint density at radius 2 is 0.702 bits per heavy atom. The van der Waals surface area contributed by atoms with E-state index in [-0.39, 0.29) is 16.7 Å². The van der Waals surface area contributed by atoms with E-state index >= 15 is 0 Å². The predicted molar refractivity (Wildman–Crippen MR) is 243 cm³/mol. The summed E-state index contributed by atoms with van der Waals surface area (Å²) in [5.41, 5.74) is 2.45. The highest BCUT2D eigenvalue weighted by Gasteiger charge is 2.16. The second kappa shape index (κ2) is 15.0. The molecule has 0 aliphatic heterocycles. The van der Waals surface area contributed by atoms with Crippen molar-refractivity contribution in [3.05, 3.63) is 236 Å². The van der Waals surface area contributed by atoms with Crippen LogP contribution in [0.2, 0.25) is 0 Å². The van der Waals surface area contributed by atoms with Crippen molar-refractivity contribution in [3.63, 3.8) is 0 Å². The summed E-state index contributed by atoms with van der Waals surface area (Å²) in [5.74, 6) is 0. The molecule has 57 heavy (non-hydrogen) atoms. The van der Waals surface area contributed by atoms with E-state index in [0.29, 0.717) is 22.3 Å². The lowest BCUT2D eigenvalue weighted by molar-refractivity contribution is 1.28. The molecule has 0 radical (unpaired) electrons. The third kappa shape index (κ3) is 6.77. The van der Waals surface area contributed by atoms with Crippen LogP contribution < -0.4 is 4.90 Å². The SMILES string of the molecule is [2H]c1c([2H])c(N(c2c([2H])c([2H])c(-c3ccc4ccccc4c3)c([2H])c2[2H])c2c([2H])c([2H])c(-c3ccc4ccccc4c3-c3ccccc3)c([2H])c2[2H])c([2H])c([2H])c1-c1ccc(-c2ccccc2)cc1. The Morgan fingerprint density at radius 1 is 0.281 bits per heavy atom. The van der Waals surface area contributed by atoms with Crippen LogP contribution in [0.1, 0.15) is 16.4 Å². The van der Waals surface area contributed by atoms with Crippen molar-refractivity contribution in [1.82, 2.24) is 0 Å². The number of hydrogen-bond acceptors (Lipinski definition) is 1. The molecule has 268 valence electrons. The number of anilines is 3. The van der Waals surface area contributed by atoms with Gasteiger partial charge in [-0.1, -0.05) is 194 Å². The van der Waals surface area contributed by atoms with E-state index < -0.39 is 89.6 Å². The van der Waals surface area contributed by atoms with E-state index in [2.05, 4.69) is 0 Å². The third-order valence-corrected chi connectivity index (χ3v) is 10.1. The molecule has 0 bridgehead atoms. The lowest BCUT2D eigenvalue weighted by Crippen LogP contribution is -2.09. The van der Waals surface area contributed by atoms with E-state index in [1.54, 1.807) is 30.3 Å². The van der Waals surface area contributed by atoms with Crippen LogP contribution in [0.25, 0.3) is 77.2 Å². The van der Waals surface area contributed by atoms with Gasteiger partial charge in [-0.25, -0.2) is 0 Å². The molecular formula is C56H39N. The molecule has 0 aliphatic carbocycles. The maximum atomic E-state index is 9.74. The van der Waals surface area contributed by atoms with Gasteiger partial charge in [0.1, 0.15) is 0 Å². The first-order chi connectivity index (χ1) is 33.3. The van der Waals surface area contributed by atoms with E-state index in [1.807, 2.05) is 133 Å². The molecule has 0 unspecified atom stereocenters. The smallest absolute Gasteiger partial charge is 0.0645 e. The second-order valence-electron chi connectivity index (χ2n) is 13.6. The minimum absolute atomic E-state index is 0.0482. The van der Waals surface area contributed by atoms with Gasteiger partial charge in [-0.2, -0.15) is 0 Å². The minimum atomic E-state index is -0.675. The van der Waals surface area contributed by atoms with Crippen molar-refractivity contribution in [2.24, 2.45) is 0 Å². The third-order valence-electron chi connectivity index (χ3n) is 10.1. The molecule has 0 amide bonds.